The molecule has 2 aromatic heterocycles. The lowest BCUT2D eigenvalue weighted by Crippen LogP contribution is -2.39. The Morgan fingerprint density at radius 2 is 2.09 bits per heavy atom. The van der Waals surface area contributed by atoms with Gasteiger partial charge in [-0.25, -0.2) is 4.98 Å². The number of pyridine rings is 1. The zero-order chi connectivity index (χ0) is 16.2. The van der Waals surface area contributed by atoms with Crippen molar-refractivity contribution in [1.29, 1.82) is 5.26 Å². The van der Waals surface area contributed by atoms with Crippen LogP contribution in [0.2, 0.25) is 0 Å². The molecule has 0 aliphatic carbocycles. The number of aromatic nitrogens is 1. The van der Waals surface area contributed by atoms with Gasteiger partial charge < -0.3 is 15.2 Å². The molecule has 1 spiro atoms. The molecule has 1 saturated heterocycles. The standard InChI is InChI=1S/C17H17N3O2S/c1-9-7-10(2)20-16-12(9)13-14(23-16)17(3-5-21-6-4-17)11(8-18)15(19)22-13/h7H,3-6,19H2,1-2H3. The fourth-order valence-corrected chi connectivity index (χ4v) is 5.17. The highest BCUT2D eigenvalue weighted by atomic mass is 32.1. The van der Waals surface area contributed by atoms with Gasteiger partial charge in [-0.3, -0.25) is 0 Å². The van der Waals surface area contributed by atoms with Crippen LogP contribution in [0.1, 0.15) is 29.0 Å². The number of aryl methyl sites for hydroxylation is 2. The summed E-state index contributed by atoms with van der Waals surface area (Å²) in [5.74, 6) is 1.01. The molecule has 0 atom stereocenters. The number of allylic oxidation sites excluding steroid dienone is 1. The molecule has 2 aliphatic heterocycles. The van der Waals surface area contributed by atoms with E-state index in [4.69, 9.17) is 15.2 Å². The second-order valence-corrected chi connectivity index (χ2v) is 7.17. The van der Waals surface area contributed by atoms with Crippen molar-refractivity contribution >= 4 is 21.6 Å². The van der Waals surface area contributed by atoms with E-state index in [1.54, 1.807) is 11.3 Å². The Bertz CT molecular complexity index is 885. The highest BCUT2D eigenvalue weighted by molar-refractivity contribution is 7.19. The van der Waals surface area contributed by atoms with Gasteiger partial charge >= 0.3 is 0 Å². The second-order valence-electron chi connectivity index (χ2n) is 6.17. The van der Waals surface area contributed by atoms with Gasteiger partial charge in [0.25, 0.3) is 0 Å². The SMILES string of the molecule is Cc1cc(C)c2c3c(sc2n1)C1(CCOCC1)C(C#N)=C(N)O3. The van der Waals surface area contributed by atoms with Gasteiger partial charge in [-0.05, 0) is 38.3 Å². The fourth-order valence-electron chi connectivity index (χ4n) is 3.69. The quantitative estimate of drug-likeness (QED) is 0.804. The predicted molar refractivity (Wildman–Crippen MR) is 88.3 cm³/mol. The average molecular weight is 327 g/mol. The van der Waals surface area contributed by atoms with Crippen molar-refractivity contribution in [3.05, 3.63) is 33.7 Å². The maximum atomic E-state index is 9.66. The largest absolute Gasteiger partial charge is 0.439 e. The summed E-state index contributed by atoms with van der Waals surface area (Å²) in [5.41, 5.74) is 8.37. The molecular formula is C17H17N3O2S. The van der Waals surface area contributed by atoms with Gasteiger partial charge in [-0.1, -0.05) is 0 Å². The fraction of sp³-hybridized carbons (Fsp3) is 0.412. The molecule has 4 rings (SSSR count). The average Bonchev–Trinajstić information content (AvgIpc) is 2.87. The van der Waals surface area contributed by atoms with Crippen LogP contribution < -0.4 is 10.5 Å². The first kappa shape index (κ1) is 14.5. The van der Waals surface area contributed by atoms with E-state index in [0.29, 0.717) is 18.8 Å². The van der Waals surface area contributed by atoms with Crippen LogP contribution in [-0.2, 0) is 10.2 Å². The number of ether oxygens (including phenoxy) is 2. The Hall–Kier alpha value is -2.10. The zero-order valence-corrected chi connectivity index (χ0v) is 13.9. The molecule has 2 N–H and O–H groups in total. The molecule has 118 valence electrons. The number of fused-ring (bicyclic) bond motifs is 4. The van der Waals surface area contributed by atoms with Crippen LogP contribution in [0.15, 0.2) is 17.5 Å². The minimum atomic E-state index is -0.392. The van der Waals surface area contributed by atoms with Crippen molar-refractivity contribution in [1.82, 2.24) is 4.98 Å². The summed E-state index contributed by atoms with van der Waals surface area (Å²) in [7, 11) is 0. The van der Waals surface area contributed by atoms with Gasteiger partial charge in [0.05, 0.1) is 15.7 Å². The first-order valence-electron chi connectivity index (χ1n) is 7.64. The lowest BCUT2D eigenvalue weighted by atomic mass is 9.71. The summed E-state index contributed by atoms with van der Waals surface area (Å²) in [6.07, 6.45) is 1.50. The molecule has 1 fully saturated rings. The maximum absolute atomic E-state index is 9.66. The molecule has 0 amide bonds. The number of hydrogen-bond acceptors (Lipinski definition) is 6. The Morgan fingerprint density at radius 1 is 1.35 bits per heavy atom. The summed E-state index contributed by atoms with van der Waals surface area (Å²) >= 11 is 1.62. The van der Waals surface area contributed by atoms with Gasteiger partial charge in [-0.2, -0.15) is 5.26 Å². The molecule has 2 aromatic rings. The molecule has 4 heterocycles. The van der Waals surface area contributed by atoms with Gasteiger partial charge in [0.1, 0.15) is 16.5 Å². The van der Waals surface area contributed by atoms with Gasteiger partial charge in [0.2, 0.25) is 5.88 Å². The van der Waals surface area contributed by atoms with Crippen LogP contribution in [0, 0.1) is 25.2 Å². The third kappa shape index (κ3) is 1.90. The summed E-state index contributed by atoms with van der Waals surface area (Å²) in [6.45, 7) is 5.29. The highest BCUT2D eigenvalue weighted by Crippen LogP contribution is 2.55. The van der Waals surface area contributed by atoms with Crippen molar-refractivity contribution < 1.29 is 9.47 Å². The Labute approximate surface area is 138 Å². The minimum Gasteiger partial charge on any atom is -0.439 e. The van der Waals surface area contributed by atoms with E-state index in [2.05, 4.69) is 24.0 Å². The third-order valence-corrected chi connectivity index (χ3v) is 6.04. The van der Waals surface area contributed by atoms with Gasteiger partial charge in [0.15, 0.2) is 5.75 Å². The van der Waals surface area contributed by atoms with Gasteiger partial charge in [-0.15, -0.1) is 11.3 Å². The molecular weight excluding hydrogens is 310 g/mol. The van der Waals surface area contributed by atoms with Gasteiger partial charge in [0, 0.05) is 18.9 Å². The van der Waals surface area contributed by atoms with Crippen LogP contribution in [-0.4, -0.2) is 18.2 Å². The Balaban J connectivity index is 2.05. The molecule has 0 unspecified atom stereocenters. The van der Waals surface area contributed by atoms with Crippen LogP contribution in [0.3, 0.4) is 0 Å². The van der Waals surface area contributed by atoms with Crippen LogP contribution in [0.5, 0.6) is 5.75 Å². The van der Waals surface area contributed by atoms with Crippen LogP contribution in [0.25, 0.3) is 10.2 Å². The summed E-state index contributed by atoms with van der Waals surface area (Å²) in [6, 6.07) is 4.34. The smallest absolute Gasteiger partial charge is 0.205 e. The first-order valence-corrected chi connectivity index (χ1v) is 8.45. The molecule has 6 heteroatoms. The van der Waals surface area contributed by atoms with Crippen molar-refractivity contribution in [3.63, 3.8) is 0 Å². The van der Waals surface area contributed by atoms with Crippen molar-refractivity contribution in [3.8, 4) is 11.8 Å². The number of nitriles is 1. The van der Waals surface area contributed by atoms with Crippen molar-refractivity contribution in [2.45, 2.75) is 32.1 Å². The predicted octanol–water partition coefficient (Wildman–Crippen LogP) is 3.05. The monoisotopic (exact) mass is 327 g/mol. The molecule has 0 bridgehead atoms. The molecule has 0 aromatic carbocycles. The highest BCUT2D eigenvalue weighted by Gasteiger charge is 2.47. The van der Waals surface area contributed by atoms with E-state index < -0.39 is 5.41 Å². The number of thiophene rings is 1. The number of rotatable bonds is 0. The molecule has 0 radical (unpaired) electrons. The Kier molecular flexibility index (Phi) is 3.12. The van der Waals surface area contributed by atoms with Crippen molar-refractivity contribution in [2.24, 2.45) is 5.73 Å². The van der Waals surface area contributed by atoms with E-state index in [0.717, 1.165) is 44.9 Å². The normalized spacial score (nSPS) is 19.5. The number of nitrogens with two attached hydrogens (primary N) is 1. The molecule has 23 heavy (non-hydrogen) atoms. The lowest BCUT2D eigenvalue weighted by molar-refractivity contribution is 0.0606. The Morgan fingerprint density at radius 3 is 2.78 bits per heavy atom. The van der Waals surface area contributed by atoms with E-state index in [-0.39, 0.29) is 5.88 Å². The lowest BCUT2D eigenvalue weighted by Gasteiger charge is -2.39. The van der Waals surface area contributed by atoms with E-state index in [9.17, 15) is 5.26 Å². The molecule has 2 aliphatic rings. The van der Waals surface area contributed by atoms with E-state index in [1.165, 1.54) is 0 Å². The zero-order valence-electron chi connectivity index (χ0n) is 13.1. The summed E-state index contributed by atoms with van der Waals surface area (Å²) < 4.78 is 11.4. The maximum Gasteiger partial charge on any atom is 0.205 e. The number of hydrogen-bond donors (Lipinski definition) is 1. The van der Waals surface area contributed by atoms with E-state index in [1.807, 2.05) is 6.92 Å². The van der Waals surface area contributed by atoms with Crippen LogP contribution >= 0.6 is 11.3 Å². The van der Waals surface area contributed by atoms with Crippen molar-refractivity contribution in [2.75, 3.05) is 13.2 Å². The van der Waals surface area contributed by atoms with E-state index >= 15 is 0 Å². The summed E-state index contributed by atoms with van der Waals surface area (Å²) in [4.78, 5) is 6.68. The van der Waals surface area contributed by atoms with Crippen LogP contribution in [0.4, 0.5) is 0 Å². The number of nitrogens with zero attached hydrogens (tertiary/aromatic N) is 2. The minimum absolute atomic E-state index is 0.224. The molecule has 5 nitrogen and oxygen atoms in total. The summed E-state index contributed by atoms with van der Waals surface area (Å²) in [5, 5.41) is 10.7. The molecule has 0 saturated carbocycles. The first-order chi connectivity index (χ1) is 11.1. The topological polar surface area (TPSA) is 81.2 Å². The third-order valence-electron chi connectivity index (χ3n) is 4.77. The second kappa shape index (κ2) is 4.95.